The van der Waals surface area contributed by atoms with Gasteiger partial charge in [0.1, 0.15) is 5.82 Å². The summed E-state index contributed by atoms with van der Waals surface area (Å²) in [6.07, 6.45) is 5.88. The molecule has 0 spiro atoms. The van der Waals surface area contributed by atoms with Gasteiger partial charge in [-0.2, -0.15) is 5.10 Å². The van der Waals surface area contributed by atoms with E-state index in [2.05, 4.69) is 25.8 Å². The minimum absolute atomic E-state index is 0.538. The Morgan fingerprint density at radius 2 is 2.18 bits per heavy atom. The van der Waals surface area contributed by atoms with E-state index < -0.39 is 0 Å². The minimum Gasteiger partial charge on any atom is -0.368 e. The van der Waals surface area contributed by atoms with Gasteiger partial charge in [-0.05, 0) is 6.07 Å². The molecule has 0 atom stereocenters. The van der Waals surface area contributed by atoms with Crippen LogP contribution in [0.4, 0.5) is 11.6 Å². The lowest BCUT2D eigenvalue weighted by atomic mass is 10.3. The van der Waals surface area contributed by atoms with Crippen molar-refractivity contribution >= 4 is 11.6 Å². The molecule has 0 bridgehead atoms. The number of nitrogens with one attached hydrogen (secondary N) is 2. The van der Waals surface area contributed by atoms with Gasteiger partial charge in [0.05, 0.1) is 12.4 Å². The molecule has 0 saturated carbocycles. The molecule has 17 heavy (non-hydrogen) atoms. The van der Waals surface area contributed by atoms with Crippen LogP contribution in [0.5, 0.6) is 0 Å². The number of aryl methyl sites for hydroxylation is 1. The molecule has 0 aliphatic heterocycles. The van der Waals surface area contributed by atoms with Crippen LogP contribution in [0.3, 0.4) is 0 Å². The summed E-state index contributed by atoms with van der Waals surface area (Å²) in [6, 6.07) is 1.99. The number of nitrogens with two attached hydrogens (primary N) is 1. The highest BCUT2D eigenvalue weighted by molar-refractivity contribution is 5.40. The van der Waals surface area contributed by atoms with Gasteiger partial charge >= 0.3 is 0 Å². The van der Waals surface area contributed by atoms with E-state index in [0.29, 0.717) is 11.6 Å². The molecule has 0 aliphatic rings. The molecule has 0 aromatic carbocycles. The number of aromatic nitrogens is 4. The summed E-state index contributed by atoms with van der Waals surface area (Å²) in [6.45, 7) is 0.766. The van der Waals surface area contributed by atoms with E-state index in [4.69, 9.17) is 5.84 Å². The van der Waals surface area contributed by atoms with Crippen molar-refractivity contribution in [3.63, 3.8) is 0 Å². The average molecular weight is 233 g/mol. The van der Waals surface area contributed by atoms with Gasteiger partial charge in [0.15, 0.2) is 5.82 Å². The summed E-state index contributed by atoms with van der Waals surface area (Å²) in [5, 5.41) is 7.28. The summed E-state index contributed by atoms with van der Waals surface area (Å²) in [4.78, 5) is 8.20. The van der Waals surface area contributed by atoms with Crippen molar-refractivity contribution in [3.05, 3.63) is 30.4 Å². The Bertz CT molecular complexity index is 479. The smallest absolute Gasteiger partial charge is 0.160 e. The number of anilines is 2. The topological polar surface area (TPSA) is 93.7 Å². The number of hydrogen-bond acceptors (Lipinski definition) is 6. The first-order chi connectivity index (χ1) is 8.29. The molecule has 7 heteroatoms. The molecule has 0 amide bonds. The van der Waals surface area contributed by atoms with Gasteiger partial charge < -0.3 is 10.7 Å². The van der Waals surface area contributed by atoms with Gasteiger partial charge in [-0.25, -0.2) is 10.8 Å². The van der Waals surface area contributed by atoms with Crippen LogP contribution in [0.1, 0.15) is 5.69 Å². The largest absolute Gasteiger partial charge is 0.368 e. The fraction of sp³-hybridized carbons (Fsp3) is 0.300. The molecule has 90 valence electrons. The Balaban J connectivity index is 1.87. The maximum Gasteiger partial charge on any atom is 0.160 e. The van der Waals surface area contributed by atoms with Crippen LogP contribution in [-0.2, 0) is 13.5 Å². The lowest BCUT2D eigenvalue weighted by molar-refractivity contribution is 0.711. The molecule has 0 unspecified atom stereocenters. The second-order valence-corrected chi connectivity index (χ2v) is 3.56. The van der Waals surface area contributed by atoms with Gasteiger partial charge in [0.25, 0.3) is 0 Å². The minimum atomic E-state index is 0.538. The molecule has 0 fully saturated rings. The molecule has 0 saturated heterocycles. The van der Waals surface area contributed by atoms with Crippen LogP contribution in [0.2, 0.25) is 0 Å². The standard InChI is InChI=1S/C10H15N7/c1-17-8(3-5-14-17)2-4-13-9-6-12-7-10(15-9)16-11/h3,5-7H,2,4,11H2,1H3,(H2,13,15,16). The highest BCUT2D eigenvalue weighted by Crippen LogP contribution is 2.05. The number of nitrogens with zero attached hydrogens (tertiary/aromatic N) is 4. The van der Waals surface area contributed by atoms with E-state index in [-0.39, 0.29) is 0 Å². The van der Waals surface area contributed by atoms with Gasteiger partial charge in [0.2, 0.25) is 0 Å². The predicted molar refractivity (Wildman–Crippen MR) is 65.2 cm³/mol. The van der Waals surface area contributed by atoms with E-state index in [0.717, 1.165) is 13.0 Å². The second kappa shape index (κ2) is 5.26. The first-order valence-electron chi connectivity index (χ1n) is 5.29. The van der Waals surface area contributed by atoms with Gasteiger partial charge in [-0.15, -0.1) is 0 Å². The zero-order valence-electron chi connectivity index (χ0n) is 9.59. The lowest BCUT2D eigenvalue weighted by Crippen LogP contribution is -2.12. The summed E-state index contributed by atoms with van der Waals surface area (Å²) in [5.74, 6) is 6.49. The van der Waals surface area contributed by atoms with Crippen molar-refractivity contribution in [2.75, 3.05) is 17.3 Å². The third kappa shape index (κ3) is 2.91. The zero-order valence-corrected chi connectivity index (χ0v) is 9.59. The fourth-order valence-corrected chi connectivity index (χ4v) is 1.49. The monoisotopic (exact) mass is 233 g/mol. The Kier molecular flexibility index (Phi) is 3.51. The Morgan fingerprint density at radius 3 is 2.88 bits per heavy atom. The van der Waals surface area contributed by atoms with Crippen LogP contribution in [0.25, 0.3) is 0 Å². The van der Waals surface area contributed by atoms with Crippen molar-refractivity contribution in [1.29, 1.82) is 0 Å². The molecular weight excluding hydrogens is 218 g/mol. The predicted octanol–water partition coefficient (Wildman–Crippen LogP) is 0.150. The van der Waals surface area contributed by atoms with Crippen LogP contribution in [0, 0.1) is 0 Å². The van der Waals surface area contributed by atoms with Crippen LogP contribution >= 0.6 is 0 Å². The summed E-state index contributed by atoms with van der Waals surface area (Å²) >= 11 is 0. The fourth-order valence-electron chi connectivity index (χ4n) is 1.49. The quantitative estimate of drug-likeness (QED) is 0.503. The van der Waals surface area contributed by atoms with Gasteiger partial charge in [-0.3, -0.25) is 9.67 Å². The maximum absolute atomic E-state index is 5.25. The average Bonchev–Trinajstić information content (AvgIpc) is 2.76. The number of rotatable bonds is 5. The highest BCUT2D eigenvalue weighted by Gasteiger charge is 1.99. The van der Waals surface area contributed by atoms with Crippen molar-refractivity contribution in [2.24, 2.45) is 12.9 Å². The molecule has 0 radical (unpaired) electrons. The molecular formula is C10H15N7. The van der Waals surface area contributed by atoms with Gasteiger partial charge in [0, 0.05) is 31.9 Å². The third-order valence-corrected chi connectivity index (χ3v) is 2.39. The van der Waals surface area contributed by atoms with Crippen LogP contribution < -0.4 is 16.6 Å². The normalized spacial score (nSPS) is 10.2. The van der Waals surface area contributed by atoms with E-state index in [1.807, 2.05) is 17.8 Å². The van der Waals surface area contributed by atoms with E-state index in [1.165, 1.54) is 5.69 Å². The molecule has 2 aromatic rings. The van der Waals surface area contributed by atoms with Crippen molar-refractivity contribution < 1.29 is 0 Å². The van der Waals surface area contributed by atoms with E-state index >= 15 is 0 Å². The van der Waals surface area contributed by atoms with Crippen molar-refractivity contribution in [3.8, 4) is 0 Å². The SMILES string of the molecule is Cn1nccc1CCNc1cncc(NN)n1. The second-order valence-electron chi connectivity index (χ2n) is 3.56. The number of hydrogen-bond donors (Lipinski definition) is 3. The first kappa shape index (κ1) is 11.3. The zero-order chi connectivity index (χ0) is 12.1. The van der Waals surface area contributed by atoms with E-state index in [9.17, 15) is 0 Å². The molecule has 2 heterocycles. The first-order valence-corrected chi connectivity index (χ1v) is 5.29. The third-order valence-electron chi connectivity index (χ3n) is 2.39. The molecule has 2 aromatic heterocycles. The maximum atomic E-state index is 5.25. The van der Waals surface area contributed by atoms with Crippen molar-refractivity contribution in [1.82, 2.24) is 19.7 Å². The number of nitrogen functional groups attached to an aromatic ring is 1. The lowest BCUT2D eigenvalue weighted by Gasteiger charge is -2.06. The Labute approximate surface area is 99.0 Å². The molecule has 7 nitrogen and oxygen atoms in total. The number of hydrazine groups is 1. The molecule has 0 aliphatic carbocycles. The van der Waals surface area contributed by atoms with Gasteiger partial charge in [-0.1, -0.05) is 0 Å². The summed E-state index contributed by atoms with van der Waals surface area (Å²) in [5.41, 5.74) is 3.62. The van der Waals surface area contributed by atoms with E-state index in [1.54, 1.807) is 18.6 Å². The molecule has 4 N–H and O–H groups in total. The highest BCUT2D eigenvalue weighted by atomic mass is 15.3. The van der Waals surface area contributed by atoms with Crippen LogP contribution in [0.15, 0.2) is 24.7 Å². The van der Waals surface area contributed by atoms with Crippen LogP contribution in [-0.4, -0.2) is 26.3 Å². The molecule has 2 rings (SSSR count). The summed E-state index contributed by atoms with van der Waals surface area (Å²) in [7, 11) is 1.92. The Morgan fingerprint density at radius 1 is 1.35 bits per heavy atom. The summed E-state index contributed by atoms with van der Waals surface area (Å²) < 4.78 is 1.85. The Hall–Kier alpha value is -2.15. The van der Waals surface area contributed by atoms with Crippen molar-refractivity contribution in [2.45, 2.75) is 6.42 Å².